The van der Waals surface area contributed by atoms with E-state index in [0.717, 1.165) is 37.5 Å². The molecule has 2 unspecified atom stereocenters. The summed E-state index contributed by atoms with van der Waals surface area (Å²) < 4.78 is 2.06. The van der Waals surface area contributed by atoms with E-state index in [9.17, 15) is 9.59 Å². The molecule has 0 spiro atoms. The molecule has 2 N–H and O–H groups in total. The van der Waals surface area contributed by atoms with Crippen molar-refractivity contribution >= 4 is 65.7 Å². The van der Waals surface area contributed by atoms with Crippen molar-refractivity contribution in [3.8, 4) is 0 Å². The number of carbonyl (C=O) groups is 2. The number of nitrogens with zero attached hydrogens (tertiary/aromatic N) is 2. The lowest BCUT2D eigenvalue weighted by Gasteiger charge is -2.25. The van der Waals surface area contributed by atoms with Crippen LogP contribution in [-0.2, 0) is 9.59 Å². The lowest BCUT2D eigenvalue weighted by atomic mass is 9.83. The van der Waals surface area contributed by atoms with Gasteiger partial charge in [-0.25, -0.2) is 9.97 Å². The summed E-state index contributed by atoms with van der Waals surface area (Å²) in [6, 6.07) is 13.6. The Bertz CT molecular complexity index is 1290. The topological polar surface area (TPSA) is 84.0 Å². The third-order valence-electron chi connectivity index (χ3n) is 5.34. The van der Waals surface area contributed by atoms with Gasteiger partial charge in [-0.3, -0.25) is 9.59 Å². The Kier molecular flexibility index (Phi) is 5.25. The van der Waals surface area contributed by atoms with Gasteiger partial charge in [0.2, 0.25) is 11.8 Å². The molecule has 2 heterocycles. The predicted octanol–water partition coefficient (Wildman–Crippen LogP) is 5.55. The van der Waals surface area contributed by atoms with Crippen molar-refractivity contribution < 1.29 is 9.59 Å². The molecule has 5 rings (SSSR count). The normalized spacial score (nSPS) is 18.4. The van der Waals surface area contributed by atoms with Gasteiger partial charge in [-0.1, -0.05) is 35.6 Å². The minimum absolute atomic E-state index is 0.0326. The summed E-state index contributed by atoms with van der Waals surface area (Å²) in [5, 5.41) is 7.37. The standard InChI is InChI=1S/C23H20N4O2S2/c1-13(28)24-14-10-11-18-20(12-14)31-23(26-18)27-21(29)15-6-2-3-7-16(15)22-25-17-8-4-5-9-19(17)30-22/h2-5,8-12,15-16H,6-7H2,1H3,(H,24,28)(H,26,27,29). The molecule has 6 nitrogen and oxygen atoms in total. The van der Waals surface area contributed by atoms with Crippen LogP contribution in [0.5, 0.6) is 0 Å². The summed E-state index contributed by atoms with van der Waals surface area (Å²) in [4.78, 5) is 33.8. The fourth-order valence-electron chi connectivity index (χ4n) is 3.88. The number of fused-ring (bicyclic) bond motifs is 2. The second-order valence-electron chi connectivity index (χ2n) is 7.55. The number of amides is 2. The highest BCUT2D eigenvalue weighted by atomic mass is 32.1. The van der Waals surface area contributed by atoms with Crippen LogP contribution >= 0.6 is 22.7 Å². The van der Waals surface area contributed by atoms with E-state index in [1.807, 2.05) is 36.4 Å². The van der Waals surface area contributed by atoms with E-state index in [4.69, 9.17) is 4.98 Å². The van der Waals surface area contributed by atoms with E-state index < -0.39 is 0 Å². The zero-order valence-corrected chi connectivity index (χ0v) is 18.4. The molecule has 2 aromatic heterocycles. The van der Waals surface area contributed by atoms with Crippen LogP contribution in [0.4, 0.5) is 10.8 Å². The first-order valence-electron chi connectivity index (χ1n) is 10.1. The van der Waals surface area contributed by atoms with Crippen molar-refractivity contribution in [3.63, 3.8) is 0 Å². The average molecular weight is 449 g/mol. The van der Waals surface area contributed by atoms with Crippen LogP contribution in [0.15, 0.2) is 54.6 Å². The highest BCUT2D eigenvalue weighted by molar-refractivity contribution is 7.22. The fourth-order valence-corrected chi connectivity index (χ4v) is 5.94. The van der Waals surface area contributed by atoms with E-state index in [-0.39, 0.29) is 23.7 Å². The second kappa shape index (κ2) is 8.20. The molecule has 0 radical (unpaired) electrons. The molecular formula is C23H20N4O2S2. The molecule has 1 aliphatic rings. The number of para-hydroxylation sites is 1. The van der Waals surface area contributed by atoms with E-state index in [0.29, 0.717) is 11.6 Å². The third-order valence-corrected chi connectivity index (χ3v) is 7.44. The molecule has 31 heavy (non-hydrogen) atoms. The van der Waals surface area contributed by atoms with Gasteiger partial charge in [-0.05, 0) is 43.2 Å². The maximum Gasteiger partial charge on any atom is 0.230 e. The summed E-state index contributed by atoms with van der Waals surface area (Å²) in [6.45, 7) is 1.48. The van der Waals surface area contributed by atoms with Gasteiger partial charge >= 0.3 is 0 Å². The number of hydrogen-bond acceptors (Lipinski definition) is 6. The fraction of sp³-hybridized carbons (Fsp3) is 0.217. The van der Waals surface area contributed by atoms with Crippen LogP contribution in [0, 0.1) is 5.92 Å². The number of carbonyl (C=O) groups excluding carboxylic acids is 2. The van der Waals surface area contributed by atoms with Crippen molar-refractivity contribution in [2.24, 2.45) is 5.92 Å². The smallest absolute Gasteiger partial charge is 0.230 e. The zero-order chi connectivity index (χ0) is 21.4. The molecule has 2 atom stereocenters. The molecule has 156 valence electrons. The molecule has 1 aliphatic carbocycles. The minimum atomic E-state index is -0.187. The Balaban J connectivity index is 1.38. The van der Waals surface area contributed by atoms with Gasteiger partial charge in [0.05, 0.1) is 31.4 Å². The molecule has 0 fully saturated rings. The average Bonchev–Trinajstić information content (AvgIpc) is 3.36. The van der Waals surface area contributed by atoms with Crippen LogP contribution in [0.3, 0.4) is 0 Å². The molecule has 0 saturated carbocycles. The first kappa shape index (κ1) is 19.8. The monoisotopic (exact) mass is 448 g/mol. The lowest BCUT2D eigenvalue weighted by molar-refractivity contribution is -0.120. The van der Waals surface area contributed by atoms with Gasteiger partial charge in [-0.15, -0.1) is 11.3 Å². The first-order valence-corrected chi connectivity index (χ1v) is 11.7. The lowest BCUT2D eigenvalue weighted by Crippen LogP contribution is -2.29. The second-order valence-corrected chi connectivity index (χ2v) is 9.64. The maximum absolute atomic E-state index is 13.2. The van der Waals surface area contributed by atoms with Gasteiger partial charge in [0.25, 0.3) is 0 Å². The minimum Gasteiger partial charge on any atom is -0.326 e. The van der Waals surface area contributed by atoms with Crippen molar-refractivity contribution in [1.29, 1.82) is 0 Å². The van der Waals surface area contributed by atoms with Gasteiger partial charge < -0.3 is 10.6 Å². The van der Waals surface area contributed by atoms with E-state index in [1.54, 1.807) is 11.3 Å². The molecule has 8 heteroatoms. The molecular weight excluding hydrogens is 428 g/mol. The molecule has 0 aliphatic heterocycles. The van der Waals surface area contributed by atoms with Crippen LogP contribution in [0.25, 0.3) is 20.4 Å². The summed E-state index contributed by atoms with van der Waals surface area (Å²) in [5.41, 5.74) is 2.49. The van der Waals surface area contributed by atoms with Crippen molar-refractivity contribution in [2.75, 3.05) is 10.6 Å². The Morgan fingerprint density at radius 2 is 1.74 bits per heavy atom. The quantitative estimate of drug-likeness (QED) is 0.401. The number of anilines is 2. The SMILES string of the molecule is CC(=O)Nc1ccc2nc(NC(=O)C3CC=CCC3c3nc4ccccc4s3)sc2c1. The van der Waals surface area contributed by atoms with Crippen LogP contribution in [0.2, 0.25) is 0 Å². The predicted molar refractivity (Wildman–Crippen MR) is 127 cm³/mol. The highest BCUT2D eigenvalue weighted by Gasteiger charge is 2.32. The number of benzene rings is 2. The summed E-state index contributed by atoms with van der Waals surface area (Å²) in [5.74, 6) is -0.283. The number of hydrogen-bond donors (Lipinski definition) is 2. The third kappa shape index (κ3) is 4.08. The highest BCUT2D eigenvalue weighted by Crippen LogP contribution is 2.39. The van der Waals surface area contributed by atoms with E-state index in [1.165, 1.54) is 18.3 Å². The van der Waals surface area contributed by atoms with E-state index >= 15 is 0 Å². The van der Waals surface area contributed by atoms with E-state index in [2.05, 4.69) is 33.8 Å². The number of rotatable bonds is 4. The van der Waals surface area contributed by atoms with Crippen molar-refractivity contribution in [3.05, 3.63) is 59.6 Å². The molecule has 2 aromatic carbocycles. The first-order chi connectivity index (χ1) is 15.1. The van der Waals surface area contributed by atoms with Crippen LogP contribution in [-0.4, -0.2) is 21.8 Å². The van der Waals surface area contributed by atoms with Crippen LogP contribution in [0.1, 0.15) is 30.7 Å². The Hall–Kier alpha value is -3.10. The molecule has 2 amide bonds. The largest absolute Gasteiger partial charge is 0.326 e. The van der Waals surface area contributed by atoms with Crippen molar-refractivity contribution in [2.45, 2.75) is 25.7 Å². The summed E-state index contributed by atoms with van der Waals surface area (Å²) in [7, 11) is 0. The number of allylic oxidation sites excluding steroid dienone is 2. The van der Waals surface area contributed by atoms with Gasteiger partial charge in [-0.2, -0.15) is 0 Å². The molecule has 4 aromatic rings. The number of thiazole rings is 2. The van der Waals surface area contributed by atoms with Gasteiger partial charge in [0.15, 0.2) is 5.13 Å². The number of nitrogens with one attached hydrogen (secondary N) is 2. The van der Waals surface area contributed by atoms with Crippen LogP contribution < -0.4 is 10.6 Å². The van der Waals surface area contributed by atoms with Gasteiger partial charge in [0.1, 0.15) is 0 Å². The zero-order valence-electron chi connectivity index (χ0n) is 16.8. The van der Waals surface area contributed by atoms with Crippen molar-refractivity contribution in [1.82, 2.24) is 9.97 Å². The maximum atomic E-state index is 13.2. The number of aromatic nitrogens is 2. The summed E-state index contributed by atoms with van der Waals surface area (Å²) >= 11 is 3.08. The summed E-state index contributed by atoms with van der Waals surface area (Å²) in [6.07, 6.45) is 5.70. The Morgan fingerprint density at radius 3 is 2.58 bits per heavy atom. The molecule has 0 bridgehead atoms. The van der Waals surface area contributed by atoms with Gasteiger partial charge in [0, 0.05) is 18.5 Å². The Morgan fingerprint density at radius 1 is 0.935 bits per heavy atom. The molecule has 0 saturated heterocycles. The Labute approximate surface area is 187 Å².